The number of anilines is 2. The summed E-state index contributed by atoms with van der Waals surface area (Å²) in [5.74, 6) is 0.240. The molecule has 0 aliphatic carbocycles. The van der Waals surface area contributed by atoms with Crippen molar-refractivity contribution in [2.45, 2.75) is 19.9 Å². The minimum absolute atomic E-state index is 0.199. The topological polar surface area (TPSA) is 85.3 Å². The van der Waals surface area contributed by atoms with Gasteiger partial charge in [0.15, 0.2) is 0 Å². The van der Waals surface area contributed by atoms with Gasteiger partial charge in [0.1, 0.15) is 11.8 Å². The van der Waals surface area contributed by atoms with E-state index in [2.05, 4.69) is 15.7 Å². The first-order valence-electron chi connectivity index (χ1n) is 9.67. The van der Waals surface area contributed by atoms with E-state index in [9.17, 15) is 9.59 Å². The van der Waals surface area contributed by atoms with Gasteiger partial charge in [-0.15, -0.1) is 0 Å². The van der Waals surface area contributed by atoms with Gasteiger partial charge in [-0.2, -0.15) is 5.10 Å². The van der Waals surface area contributed by atoms with Crippen LogP contribution >= 0.6 is 0 Å². The third-order valence-corrected chi connectivity index (χ3v) is 4.33. The van der Waals surface area contributed by atoms with Crippen LogP contribution in [0.2, 0.25) is 0 Å². The molecule has 3 aromatic rings. The van der Waals surface area contributed by atoms with Crippen LogP contribution in [0.5, 0.6) is 5.75 Å². The molecule has 0 saturated heterocycles. The summed E-state index contributed by atoms with van der Waals surface area (Å²) in [5, 5.41) is 9.72. The first-order valence-corrected chi connectivity index (χ1v) is 9.67. The first kappa shape index (κ1) is 20.9. The smallest absolute Gasteiger partial charge is 0.248 e. The van der Waals surface area contributed by atoms with E-state index in [-0.39, 0.29) is 11.8 Å². The fraction of sp³-hybridized carbons (Fsp3) is 0.174. The standard InChI is InChI=1S/C23H24N4O3/c1-3-30-21-11-5-4-8-18(21)12-13-22(28)25-19-9-6-10-20(16-19)26-23(29)17(2)27-15-7-14-24-27/h4-17H,3H2,1-2H3,(H,25,28)(H,26,29)/b13-12+. The Labute approximate surface area is 175 Å². The van der Waals surface area contributed by atoms with Crippen molar-refractivity contribution in [3.8, 4) is 5.75 Å². The molecule has 0 aliphatic heterocycles. The number of hydrogen-bond donors (Lipinski definition) is 2. The lowest BCUT2D eigenvalue weighted by Crippen LogP contribution is -2.24. The normalized spacial score (nSPS) is 11.8. The number of ether oxygens (including phenoxy) is 1. The number of amides is 2. The second kappa shape index (κ2) is 10.1. The number of carbonyl (C=O) groups is 2. The van der Waals surface area contributed by atoms with Gasteiger partial charge in [-0.1, -0.05) is 24.3 Å². The van der Waals surface area contributed by atoms with E-state index >= 15 is 0 Å². The molecule has 7 nitrogen and oxygen atoms in total. The second-order valence-electron chi connectivity index (χ2n) is 6.53. The van der Waals surface area contributed by atoms with Crippen molar-refractivity contribution in [2.24, 2.45) is 0 Å². The maximum Gasteiger partial charge on any atom is 0.248 e. The maximum absolute atomic E-state index is 12.4. The Morgan fingerprint density at radius 1 is 1.10 bits per heavy atom. The van der Waals surface area contributed by atoms with Crippen LogP contribution in [0.25, 0.3) is 6.08 Å². The summed E-state index contributed by atoms with van der Waals surface area (Å²) in [6.45, 7) is 4.22. The predicted molar refractivity (Wildman–Crippen MR) is 117 cm³/mol. The zero-order valence-electron chi connectivity index (χ0n) is 16.9. The number of rotatable bonds is 8. The van der Waals surface area contributed by atoms with Crippen LogP contribution < -0.4 is 15.4 Å². The minimum Gasteiger partial charge on any atom is -0.493 e. The molecule has 7 heteroatoms. The highest BCUT2D eigenvalue weighted by Gasteiger charge is 2.15. The molecule has 0 spiro atoms. The summed E-state index contributed by atoms with van der Waals surface area (Å²) in [6.07, 6.45) is 6.51. The lowest BCUT2D eigenvalue weighted by atomic mass is 10.2. The van der Waals surface area contributed by atoms with Crippen LogP contribution in [0.1, 0.15) is 25.5 Å². The Morgan fingerprint density at radius 3 is 2.60 bits per heavy atom. The molecule has 1 aromatic heterocycles. The van der Waals surface area contributed by atoms with Gasteiger partial charge in [-0.05, 0) is 50.3 Å². The monoisotopic (exact) mass is 404 g/mol. The number of aromatic nitrogens is 2. The minimum atomic E-state index is -0.452. The molecule has 0 aliphatic rings. The van der Waals surface area contributed by atoms with Crippen molar-refractivity contribution in [2.75, 3.05) is 17.2 Å². The summed E-state index contributed by atoms with van der Waals surface area (Å²) in [6, 6.07) is 15.8. The molecule has 2 aromatic carbocycles. The first-order chi connectivity index (χ1) is 14.6. The molecule has 3 rings (SSSR count). The summed E-state index contributed by atoms with van der Waals surface area (Å²) in [7, 11) is 0. The van der Waals surface area contributed by atoms with E-state index in [1.54, 1.807) is 60.4 Å². The van der Waals surface area contributed by atoms with Crippen molar-refractivity contribution < 1.29 is 14.3 Å². The van der Waals surface area contributed by atoms with Crippen LogP contribution in [0, 0.1) is 0 Å². The third kappa shape index (κ3) is 5.57. The largest absolute Gasteiger partial charge is 0.493 e. The Kier molecular flexibility index (Phi) is 7.00. The van der Waals surface area contributed by atoms with Gasteiger partial charge in [0.2, 0.25) is 11.8 Å². The number of benzene rings is 2. The molecule has 2 N–H and O–H groups in total. The molecule has 154 valence electrons. The number of carbonyl (C=O) groups excluding carboxylic acids is 2. The molecule has 1 atom stereocenters. The van der Waals surface area contributed by atoms with Crippen molar-refractivity contribution in [1.29, 1.82) is 0 Å². The Balaban J connectivity index is 1.62. The number of nitrogens with zero attached hydrogens (tertiary/aromatic N) is 2. The average Bonchev–Trinajstić information content (AvgIpc) is 3.28. The van der Waals surface area contributed by atoms with E-state index in [1.165, 1.54) is 6.08 Å². The van der Waals surface area contributed by atoms with Gasteiger partial charge in [0.05, 0.1) is 6.61 Å². The van der Waals surface area contributed by atoms with E-state index in [4.69, 9.17) is 4.74 Å². The van der Waals surface area contributed by atoms with Crippen molar-refractivity contribution in [3.63, 3.8) is 0 Å². The van der Waals surface area contributed by atoms with Crippen molar-refractivity contribution in [1.82, 2.24) is 9.78 Å². The van der Waals surface area contributed by atoms with Crippen molar-refractivity contribution >= 4 is 29.3 Å². The van der Waals surface area contributed by atoms with E-state index in [1.807, 2.05) is 31.2 Å². The fourth-order valence-electron chi connectivity index (χ4n) is 2.81. The Hall–Kier alpha value is -3.87. The molecule has 2 amide bonds. The van der Waals surface area contributed by atoms with Gasteiger partial charge in [0, 0.05) is 35.4 Å². The second-order valence-corrected chi connectivity index (χ2v) is 6.53. The van der Waals surface area contributed by atoms with Gasteiger partial charge < -0.3 is 15.4 Å². The molecule has 30 heavy (non-hydrogen) atoms. The van der Waals surface area contributed by atoms with Crippen LogP contribution in [0.4, 0.5) is 11.4 Å². The molecular weight excluding hydrogens is 380 g/mol. The van der Waals surface area contributed by atoms with Crippen LogP contribution in [0.15, 0.2) is 73.1 Å². The van der Waals surface area contributed by atoms with Crippen molar-refractivity contribution in [3.05, 3.63) is 78.6 Å². The summed E-state index contributed by atoms with van der Waals surface area (Å²) < 4.78 is 7.13. The van der Waals surface area contributed by atoms with Crippen LogP contribution in [-0.2, 0) is 9.59 Å². The molecule has 0 fully saturated rings. The molecule has 0 bridgehead atoms. The number of hydrogen-bond acceptors (Lipinski definition) is 4. The maximum atomic E-state index is 12.4. The highest BCUT2D eigenvalue weighted by molar-refractivity contribution is 6.02. The summed E-state index contributed by atoms with van der Waals surface area (Å²) >= 11 is 0. The zero-order valence-corrected chi connectivity index (χ0v) is 16.9. The van der Waals surface area contributed by atoms with E-state index in [0.29, 0.717) is 18.0 Å². The van der Waals surface area contributed by atoms with Crippen LogP contribution in [-0.4, -0.2) is 28.2 Å². The highest BCUT2D eigenvalue weighted by atomic mass is 16.5. The molecule has 0 saturated carbocycles. The Bertz CT molecular complexity index is 1030. The third-order valence-electron chi connectivity index (χ3n) is 4.33. The number of nitrogens with one attached hydrogen (secondary N) is 2. The highest BCUT2D eigenvalue weighted by Crippen LogP contribution is 2.20. The SMILES string of the molecule is CCOc1ccccc1/C=C/C(=O)Nc1cccc(NC(=O)C(C)n2cccn2)c1. The van der Waals surface area contributed by atoms with E-state index in [0.717, 1.165) is 11.3 Å². The predicted octanol–water partition coefficient (Wildman–Crippen LogP) is 4.13. The Morgan fingerprint density at radius 2 is 1.87 bits per heavy atom. The lowest BCUT2D eigenvalue weighted by Gasteiger charge is -2.13. The van der Waals surface area contributed by atoms with Gasteiger partial charge in [-0.25, -0.2) is 0 Å². The molecule has 1 heterocycles. The fourth-order valence-corrected chi connectivity index (χ4v) is 2.81. The zero-order chi connectivity index (χ0) is 21.3. The summed E-state index contributed by atoms with van der Waals surface area (Å²) in [4.78, 5) is 24.7. The average molecular weight is 404 g/mol. The molecular formula is C23H24N4O3. The summed E-state index contributed by atoms with van der Waals surface area (Å²) in [5.41, 5.74) is 1.98. The lowest BCUT2D eigenvalue weighted by molar-refractivity contribution is -0.119. The van der Waals surface area contributed by atoms with Gasteiger partial charge in [-0.3, -0.25) is 14.3 Å². The van der Waals surface area contributed by atoms with Gasteiger partial charge >= 0.3 is 0 Å². The molecule has 1 unspecified atom stereocenters. The van der Waals surface area contributed by atoms with E-state index < -0.39 is 6.04 Å². The van der Waals surface area contributed by atoms with Gasteiger partial charge in [0.25, 0.3) is 0 Å². The molecule has 0 radical (unpaired) electrons. The number of para-hydroxylation sites is 1. The quantitative estimate of drug-likeness (QED) is 0.553. The van der Waals surface area contributed by atoms with Crippen LogP contribution in [0.3, 0.4) is 0 Å².